The number of rotatable bonds is 8. The van der Waals surface area contributed by atoms with E-state index in [1.54, 1.807) is 19.1 Å². The maximum Gasteiger partial charge on any atom is 0.366 e. The van der Waals surface area contributed by atoms with Crippen molar-refractivity contribution < 1.29 is 28.2 Å². The van der Waals surface area contributed by atoms with Crippen molar-refractivity contribution in [3.8, 4) is 0 Å². The van der Waals surface area contributed by atoms with Crippen molar-refractivity contribution >= 4 is 11.7 Å². The molecule has 0 aromatic heterocycles. The molecule has 1 aromatic carbocycles. The number of nitrogens with zero attached hydrogens (tertiary/aromatic N) is 1. The number of hydrogen-bond donors (Lipinski definition) is 0. The second-order valence-corrected chi connectivity index (χ2v) is 6.44. The number of carbonyl (C=O) groups is 1. The maximum atomic E-state index is 12.9. The average Bonchev–Trinajstić information content (AvgIpc) is 2.65. The van der Waals surface area contributed by atoms with Crippen LogP contribution >= 0.6 is 0 Å². The molecule has 0 saturated carbocycles. The molecule has 6 nitrogen and oxygen atoms in total. The fourth-order valence-electron chi connectivity index (χ4n) is 2.60. The normalized spacial score (nSPS) is 23.5. The highest BCUT2D eigenvalue weighted by Gasteiger charge is 2.41. The van der Waals surface area contributed by atoms with Crippen LogP contribution in [0.5, 0.6) is 0 Å². The monoisotopic (exact) mass is 367 g/mol. The highest BCUT2D eigenvalue weighted by molar-refractivity contribution is 5.98. The van der Waals surface area contributed by atoms with Crippen molar-refractivity contribution in [1.82, 2.24) is 0 Å². The van der Waals surface area contributed by atoms with E-state index in [0.717, 1.165) is 24.8 Å². The maximum absolute atomic E-state index is 12.9. The zero-order valence-corrected chi connectivity index (χ0v) is 15.5. The molecule has 1 fully saturated rings. The minimum atomic E-state index is -1.29. The van der Waals surface area contributed by atoms with Crippen LogP contribution in [-0.2, 0) is 23.8 Å². The number of esters is 1. The molecule has 1 aliphatic rings. The van der Waals surface area contributed by atoms with E-state index in [2.05, 4.69) is 9.89 Å². The molecule has 2 rings (SSSR count). The lowest BCUT2D eigenvalue weighted by atomic mass is 10.0. The first-order chi connectivity index (χ1) is 12.4. The Balaban J connectivity index is 1.60. The van der Waals surface area contributed by atoms with E-state index >= 15 is 0 Å². The number of benzene rings is 1. The Kier molecular flexibility index (Phi) is 7.53. The lowest BCUT2D eigenvalue weighted by molar-refractivity contribution is -0.272. The van der Waals surface area contributed by atoms with Gasteiger partial charge in [-0.05, 0) is 43.9 Å². The van der Waals surface area contributed by atoms with Crippen LogP contribution in [0.1, 0.15) is 38.7 Å². The summed E-state index contributed by atoms with van der Waals surface area (Å²) in [5.41, 5.74) is 1.54. The van der Waals surface area contributed by atoms with Gasteiger partial charge in [0.25, 0.3) is 5.79 Å². The van der Waals surface area contributed by atoms with Gasteiger partial charge in [-0.25, -0.2) is 9.18 Å². The van der Waals surface area contributed by atoms with Crippen LogP contribution in [0.4, 0.5) is 4.39 Å². The summed E-state index contributed by atoms with van der Waals surface area (Å²) in [6.07, 6.45) is 2.71. The van der Waals surface area contributed by atoms with Gasteiger partial charge >= 0.3 is 5.97 Å². The number of methoxy groups -OCH3 is 1. The lowest BCUT2D eigenvalue weighted by Gasteiger charge is -2.35. The van der Waals surface area contributed by atoms with Crippen molar-refractivity contribution in [3.05, 3.63) is 35.6 Å². The van der Waals surface area contributed by atoms with E-state index in [4.69, 9.17) is 14.3 Å². The first kappa shape index (κ1) is 20.3. The molecule has 1 saturated heterocycles. The molecule has 0 amide bonds. The molecule has 0 N–H and O–H groups in total. The predicted molar refractivity (Wildman–Crippen MR) is 94.2 cm³/mol. The van der Waals surface area contributed by atoms with E-state index in [9.17, 15) is 9.18 Å². The van der Waals surface area contributed by atoms with Gasteiger partial charge in [-0.1, -0.05) is 17.3 Å². The van der Waals surface area contributed by atoms with Crippen molar-refractivity contribution in [2.45, 2.75) is 38.9 Å². The largest absolute Gasteiger partial charge is 0.465 e. The molecular weight excluding hydrogens is 341 g/mol. The second-order valence-electron chi connectivity index (χ2n) is 6.44. The van der Waals surface area contributed by atoms with E-state index in [0.29, 0.717) is 25.5 Å². The van der Waals surface area contributed by atoms with E-state index in [1.807, 2.05) is 6.92 Å². The Labute approximate surface area is 153 Å². The first-order valence-electron chi connectivity index (χ1n) is 8.73. The highest BCUT2D eigenvalue weighted by atomic mass is 19.1. The second kappa shape index (κ2) is 9.64. The third-order valence-corrected chi connectivity index (χ3v) is 4.31. The van der Waals surface area contributed by atoms with E-state index < -0.39 is 11.8 Å². The van der Waals surface area contributed by atoms with Crippen molar-refractivity contribution in [2.24, 2.45) is 11.1 Å². The molecule has 0 spiro atoms. The summed E-state index contributed by atoms with van der Waals surface area (Å²) >= 11 is 0. The van der Waals surface area contributed by atoms with Gasteiger partial charge in [0.05, 0.1) is 26.0 Å². The van der Waals surface area contributed by atoms with Crippen LogP contribution in [0.15, 0.2) is 29.4 Å². The van der Waals surface area contributed by atoms with E-state index in [1.165, 1.54) is 19.2 Å². The van der Waals surface area contributed by atoms with Gasteiger partial charge in [0, 0.05) is 12.8 Å². The molecule has 144 valence electrons. The Morgan fingerprint density at radius 3 is 2.54 bits per heavy atom. The fraction of sp³-hybridized carbons (Fsp3) is 0.579. The summed E-state index contributed by atoms with van der Waals surface area (Å²) in [6, 6.07) is 6.13. The molecule has 0 atom stereocenters. The summed E-state index contributed by atoms with van der Waals surface area (Å²) in [5, 5.41) is 4.05. The molecule has 26 heavy (non-hydrogen) atoms. The number of ether oxygens (including phenoxy) is 3. The highest BCUT2D eigenvalue weighted by Crippen LogP contribution is 2.25. The SMILES string of the molecule is COC(=O)C1(C)OCC(CCCCO/N=C(/C)c2ccc(F)cc2)CO1. The standard InChI is InChI=1S/C19H26FNO5/c1-14(16-7-9-17(20)10-8-16)21-26-11-5-4-6-15-12-24-19(2,25-13-15)18(22)23-3/h7-10,15H,4-6,11-13H2,1-3H3/b21-14-. The van der Waals surface area contributed by atoms with Crippen LogP contribution in [0.25, 0.3) is 0 Å². The van der Waals surface area contributed by atoms with Gasteiger partial charge in [-0.15, -0.1) is 0 Å². The molecule has 1 aliphatic heterocycles. The van der Waals surface area contributed by atoms with Crippen molar-refractivity contribution in [2.75, 3.05) is 26.9 Å². The topological polar surface area (TPSA) is 66.4 Å². The molecule has 0 aliphatic carbocycles. The van der Waals surface area contributed by atoms with Crippen LogP contribution in [0.3, 0.4) is 0 Å². The summed E-state index contributed by atoms with van der Waals surface area (Å²) in [7, 11) is 1.31. The zero-order chi connectivity index (χ0) is 19.0. The minimum Gasteiger partial charge on any atom is -0.465 e. The number of hydrogen-bond acceptors (Lipinski definition) is 6. The van der Waals surface area contributed by atoms with Gasteiger partial charge < -0.3 is 19.0 Å². The van der Waals surface area contributed by atoms with Gasteiger partial charge in [0.1, 0.15) is 12.4 Å². The Bertz CT molecular complexity index is 609. The Morgan fingerprint density at radius 2 is 1.92 bits per heavy atom. The third kappa shape index (κ3) is 5.78. The van der Waals surface area contributed by atoms with Crippen molar-refractivity contribution in [3.63, 3.8) is 0 Å². The third-order valence-electron chi connectivity index (χ3n) is 4.31. The molecule has 1 aromatic rings. The Hall–Kier alpha value is -1.99. The number of carbonyl (C=O) groups excluding carboxylic acids is 1. The molecular formula is C19H26FNO5. The molecule has 1 heterocycles. The van der Waals surface area contributed by atoms with Crippen LogP contribution in [-0.4, -0.2) is 44.4 Å². The smallest absolute Gasteiger partial charge is 0.366 e. The molecule has 7 heteroatoms. The molecule has 0 unspecified atom stereocenters. The van der Waals surface area contributed by atoms with Gasteiger partial charge in [0.15, 0.2) is 0 Å². The quantitative estimate of drug-likeness (QED) is 0.305. The predicted octanol–water partition coefficient (Wildman–Crippen LogP) is 3.29. The van der Waals surface area contributed by atoms with Crippen LogP contribution in [0, 0.1) is 11.7 Å². The summed E-state index contributed by atoms with van der Waals surface area (Å²) < 4.78 is 28.6. The number of oxime groups is 1. The van der Waals surface area contributed by atoms with Crippen LogP contribution < -0.4 is 0 Å². The first-order valence-corrected chi connectivity index (χ1v) is 8.73. The summed E-state index contributed by atoms with van der Waals surface area (Å²) in [5.74, 6) is -1.83. The Morgan fingerprint density at radius 1 is 1.27 bits per heavy atom. The molecule has 0 bridgehead atoms. The minimum absolute atomic E-state index is 0.247. The van der Waals surface area contributed by atoms with E-state index in [-0.39, 0.29) is 11.7 Å². The zero-order valence-electron chi connectivity index (χ0n) is 15.5. The fourth-order valence-corrected chi connectivity index (χ4v) is 2.60. The van der Waals surface area contributed by atoms with Crippen LogP contribution in [0.2, 0.25) is 0 Å². The van der Waals surface area contributed by atoms with Gasteiger partial charge in [0.2, 0.25) is 0 Å². The summed E-state index contributed by atoms with van der Waals surface area (Å²) in [6.45, 7) is 4.84. The van der Waals surface area contributed by atoms with Gasteiger partial charge in [-0.3, -0.25) is 0 Å². The van der Waals surface area contributed by atoms with Gasteiger partial charge in [-0.2, -0.15) is 0 Å². The number of unbranched alkanes of at least 4 members (excludes halogenated alkanes) is 1. The lowest BCUT2D eigenvalue weighted by Crippen LogP contribution is -2.48. The molecule has 0 radical (unpaired) electrons. The van der Waals surface area contributed by atoms with Crippen molar-refractivity contribution in [1.29, 1.82) is 0 Å². The number of halogens is 1. The summed E-state index contributed by atoms with van der Waals surface area (Å²) in [4.78, 5) is 16.9. The average molecular weight is 367 g/mol.